The number of nitrogens with two attached hydrogens (primary N) is 1. The van der Waals surface area contributed by atoms with Crippen LogP contribution < -0.4 is 15.8 Å². The number of nitrogens with one attached hydrogen (secondary N) is 1. The molecule has 1 aliphatic rings. The summed E-state index contributed by atoms with van der Waals surface area (Å²) in [7, 11) is 0. The highest BCUT2D eigenvalue weighted by molar-refractivity contribution is 5.78. The minimum absolute atomic E-state index is 0.158. The molecule has 3 N–H and O–H groups in total. The lowest BCUT2D eigenvalue weighted by Gasteiger charge is -2.26. The van der Waals surface area contributed by atoms with Crippen LogP contribution in [0.25, 0.3) is 0 Å². The minimum atomic E-state index is 0.158. The minimum Gasteiger partial charge on any atom is -0.493 e. The van der Waals surface area contributed by atoms with Gasteiger partial charge in [0.15, 0.2) is 5.96 Å². The van der Waals surface area contributed by atoms with Crippen molar-refractivity contribution in [3.05, 3.63) is 65.2 Å². The van der Waals surface area contributed by atoms with Crippen molar-refractivity contribution in [3.8, 4) is 5.75 Å². The molecule has 0 amide bonds. The maximum Gasteiger partial charge on any atom is 0.189 e. The van der Waals surface area contributed by atoms with Gasteiger partial charge in [-0.1, -0.05) is 42.5 Å². The summed E-state index contributed by atoms with van der Waals surface area (Å²) in [6.07, 6.45) is 0.887. The molecule has 0 radical (unpaired) electrons. The Morgan fingerprint density at radius 3 is 2.86 bits per heavy atom. The summed E-state index contributed by atoms with van der Waals surface area (Å²) in [4.78, 5) is 4.46. The van der Waals surface area contributed by atoms with Crippen molar-refractivity contribution in [2.45, 2.75) is 25.9 Å². The fraction of sp³-hybridized carbons (Fsp3) is 0.278. The van der Waals surface area contributed by atoms with Crippen LogP contribution in [0, 0.1) is 6.92 Å². The molecule has 0 saturated heterocycles. The molecule has 4 heteroatoms. The summed E-state index contributed by atoms with van der Waals surface area (Å²) < 4.78 is 5.66. The summed E-state index contributed by atoms with van der Waals surface area (Å²) in [6, 6.07) is 16.4. The topological polar surface area (TPSA) is 59.6 Å². The number of para-hydroxylation sites is 1. The van der Waals surface area contributed by atoms with E-state index in [9.17, 15) is 0 Å². The van der Waals surface area contributed by atoms with Crippen molar-refractivity contribution >= 4 is 5.96 Å². The molecule has 0 spiro atoms. The van der Waals surface area contributed by atoms with Gasteiger partial charge in [-0.25, -0.2) is 4.99 Å². The molecule has 1 unspecified atom stereocenters. The smallest absolute Gasteiger partial charge is 0.189 e. The first-order valence-corrected chi connectivity index (χ1v) is 7.57. The molecule has 1 heterocycles. The monoisotopic (exact) mass is 295 g/mol. The van der Waals surface area contributed by atoms with Crippen LogP contribution in [0.15, 0.2) is 53.5 Å². The van der Waals surface area contributed by atoms with E-state index >= 15 is 0 Å². The van der Waals surface area contributed by atoms with Gasteiger partial charge < -0.3 is 15.8 Å². The Hall–Kier alpha value is -2.49. The Bertz CT molecular complexity index is 682. The molecule has 4 nitrogen and oxygen atoms in total. The van der Waals surface area contributed by atoms with Crippen molar-refractivity contribution in [3.63, 3.8) is 0 Å². The second kappa shape index (κ2) is 6.52. The summed E-state index contributed by atoms with van der Waals surface area (Å²) in [5, 5.41) is 3.31. The van der Waals surface area contributed by atoms with E-state index in [1.54, 1.807) is 0 Å². The van der Waals surface area contributed by atoms with E-state index in [1.807, 2.05) is 30.3 Å². The Kier molecular flexibility index (Phi) is 4.28. The Balaban J connectivity index is 1.69. The lowest BCUT2D eigenvalue weighted by Crippen LogP contribution is -2.37. The number of hydrogen-bond donors (Lipinski definition) is 2. The van der Waals surface area contributed by atoms with Crippen LogP contribution in [0.1, 0.15) is 29.2 Å². The largest absolute Gasteiger partial charge is 0.493 e. The number of ether oxygens (including phenoxy) is 1. The van der Waals surface area contributed by atoms with Gasteiger partial charge in [-0.3, -0.25) is 0 Å². The average Bonchev–Trinajstić information content (AvgIpc) is 2.54. The Morgan fingerprint density at radius 1 is 1.23 bits per heavy atom. The first-order valence-electron chi connectivity index (χ1n) is 7.57. The number of guanidine groups is 1. The molecule has 2 aromatic rings. The number of rotatable bonds is 3. The van der Waals surface area contributed by atoms with Gasteiger partial charge >= 0.3 is 0 Å². The van der Waals surface area contributed by atoms with Gasteiger partial charge in [0.2, 0.25) is 0 Å². The third-order valence-corrected chi connectivity index (χ3v) is 3.96. The molecule has 1 atom stereocenters. The lowest BCUT2D eigenvalue weighted by atomic mass is 10.0. The van der Waals surface area contributed by atoms with Gasteiger partial charge in [0, 0.05) is 12.0 Å². The number of hydrogen-bond acceptors (Lipinski definition) is 2. The number of aryl methyl sites for hydroxylation is 1. The summed E-state index contributed by atoms with van der Waals surface area (Å²) >= 11 is 0. The van der Waals surface area contributed by atoms with Crippen molar-refractivity contribution in [1.82, 2.24) is 5.32 Å². The number of nitrogens with zero attached hydrogens (tertiary/aromatic N) is 1. The van der Waals surface area contributed by atoms with E-state index in [-0.39, 0.29) is 6.04 Å². The molecule has 114 valence electrons. The number of aliphatic imine (C=N–C) groups is 1. The summed E-state index contributed by atoms with van der Waals surface area (Å²) in [5.74, 6) is 1.41. The predicted octanol–water partition coefficient (Wildman–Crippen LogP) is 2.92. The van der Waals surface area contributed by atoms with Crippen LogP contribution in [0.3, 0.4) is 0 Å². The van der Waals surface area contributed by atoms with Gasteiger partial charge in [0.25, 0.3) is 0 Å². The van der Waals surface area contributed by atoms with Gasteiger partial charge in [-0.05, 0) is 24.1 Å². The van der Waals surface area contributed by atoms with Crippen molar-refractivity contribution in [2.24, 2.45) is 10.7 Å². The van der Waals surface area contributed by atoms with E-state index in [0.717, 1.165) is 17.7 Å². The molecule has 0 fully saturated rings. The molecule has 0 bridgehead atoms. The van der Waals surface area contributed by atoms with Crippen LogP contribution in [-0.4, -0.2) is 12.6 Å². The molecule has 1 aliphatic heterocycles. The van der Waals surface area contributed by atoms with Crippen LogP contribution >= 0.6 is 0 Å². The van der Waals surface area contributed by atoms with Crippen LogP contribution in [0.5, 0.6) is 5.75 Å². The Labute approximate surface area is 131 Å². The molecule has 0 saturated carbocycles. The first-order chi connectivity index (χ1) is 10.7. The third-order valence-electron chi connectivity index (χ3n) is 3.96. The van der Waals surface area contributed by atoms with Gasteiger partial charge in [0.1, 0.15) is 5.75 Å². The quantitative estimate of drug-likeness (QED) is 0.676. The second-order valence-electron chi connectivity index (χ2n) is 5.50. The normalized spacial score (nSPS) is 17.5. The predicted molar refractivity (Wildman–Crippen MR) is 88.9 cm³/mol. The van der Waals surface area contributed by atoms with E-state index in [2.05, 4.69) is 35.4 Å². The highest BCUT2D eigenvalue weighted by atomic mass is 16.5. The van der Waals surface area contributed by atoms with Gasteiger partial charge in [-0.2, -0.15) is 0 Å². The highest BCUT2D eigenvalue weighted by Gasteiger charge is 2.21. The third kappa shape index (κ3) is 3.22. The van der Waals surface area contributed by atoms with Crippen molar-refractivity contribution in [2.75, 3.05) is 6.61 Å². The molecular formula is C18H21N3O. The highest BCUT2D eigenvalue weighted by Crippen LogP contribution is 2.31. The first kappa shape index (κ1) is 14.4. The van der Waals surface area contributed by atoms with E-state index < -0.39 is 0 Å². The van der Waals surface area contributed by atoms with Crippen LogP contribution in [0.2, 0.25) is 0 Å². The Morgan fingerprint density at radius 2 is 2.00 bits per heavy atom. The summed E-state index contributed by atoms with van der Waals surface area (Å²) in [6.45, 7) is 3.37. The summed E-state index contributed by atoms with van der Waals surface area (Å²) in [5.41, 5.74) is 9.63. The average molecular weight is 295 g/mol. The second-order valence-corrected chi connectivity index (χ2v) is 5.50. The van der Waals surface area contributed by atoms with Crippen molar-refractivity contribution < 1.29 is 4.74 Å². The SMILES string of the molecule is Cc1ccccc1CN=C(N)NC1CCOc2ccccc21. The van der Waals surface area contributed by atoms with Crippen LogP contribution in [-0.2, 0) is 6.54 Å². The number of fused-ring (bicyclic) bond motifs is 1. The fourth-order valence-electron chi connectivity index (χ4n) is 2.67. The lowest BCUT2D eigenvalue weighted by molar-refractivity contribution is 0.262. The zero-order valence-corrected chi connectivity index (χ0v) is 12.8. The zero-order valence-electron chi connectivity index (χ0n) is 12.8. The van der Waals surface area contributed by atoms with Gasteiger partial charge in [0.05, 0.1) is 19.2 Å². The molecule has 22 heavy (non-hydrogen) atoms. The molecule has 3 rings (SSSR count). The van der Waals surface area contributed by atoms with E-state index in [1.165, 1.54) is 11.1 Å². The maximum atomic E-state index is 6.06. The fourth-order valence-corrected chi connectivity index (χ4v) is 2.67. The molecule has 0 aromatic heterocycles. The molecule has 2 aromatic carbocycles. The van der Waals surface area contributed by atoms with Crippen molar-refractivity contribution in [1.29, 1.82) is 0 Å². The number of benzene rings is 2. The maximum absolute atomic E-state index is 6.06. The molecule has 0 aliphatic carbocycles. The van der Waals surface area contributed by atoms with E-state index in [4.69, 9.17) is 10.5 Å². The van der Waals surface area contributed by atoms with E-state index in [0.29, 0.717) is 19.1 Å². The zero-order chi connectivity index (χ0) is 15.4. The van der Waals surface area contributed by atoms with Gasteiger partial charge in [-0.15, -0.1) is 0 Å². The molecular weight excluding hydrogens is 274 g/mol. The standard InChI is InChI=1S/C18H21N3O/c1-13-6-2-3-7-14(13)12-20-18(19)21-16-10-11-22-17-9-5-4-8-15(16)17/h2-9,16H,10-12H2,1H3,(H3,19,20,21). The van der Waals surface area contributed by atoms with Crippen LogP contribution in [0.4, 0.5) is 0 Å².